The van der Waals surface area contributed by atoms with Crippen LogP contribution in [-0.4, -0.2) is 20.9 Å². The zero-order valence-electron chi connectivity index (χ0n) is 10.3. The van der Waals surface area contributed by atoms with Crippen molar-refractivity contribution < 1.29 is 9.90 Å². The fourth-order valence-corrected chi connectivity index (χ4v) is 1.70. The maximum absolute atomic E-state index is 11.1. The van der Waals surface area contributed by atoms with E-state index in [1.165, 1.54) is 0 Å². The number of nitrogens with one attached hydrogen (secondary N) is 1. The van der Waals surface area contributed by atoms with E-state index >= 15 is 0 Å². The lowest BCUT2D eigenvalue weighted by Gasteiger charge is -2.08. The molecule has 18 heavy (non-hydrogen) atoms. The van der Waals surface area contributed by atoms with Crippen LogP contribution in [-0.2, 0) is 6.54 Å². The molecule has 1 heterocycles. The summed E-state index contributed by atoms with van der Waals surface area (Å²) in [4.78, 5) is 11.1. The quantitative estimate of drug-likeness (QED) is 0.869. The van der Waals surface area contributed by atoms with Crippen molar-refractivity contribution in [3.05, 3.63) is 41.7 Å². The van der Waals surface area contributed by atoms with Gasteiger partial charge in [0, 0.05) is 12.7 Å². The lowest BCUT2D eigenvalue weighted by molar-refractivity contribution is 0.0698. The van der Waals surface area contributed by atoms with Crippen LogP contribution in [0.4, 0.5) is 11.4 Å². The van der Waals surface area contributed by atoms with Gasteiger partial charge in [0.25, 0.3) is 0 Å². The van der Waals surface area contributed by atoms with E-state index in [2.05, 4.69) is 10.4 Å². The highest BCUT2D eigenvalue weighted by Crippen LogP contribution is 2.22. The average Bonchev–Trinajstić information content (AvgIpc) is 2.76. The van der Waals surface area contributed by atoms with Crippen molar-refractivity contribution in [2.45, 2.75) is 20.4 Å². The van der Waals surface area contributed by atoms with E-state index in [1.54, 1.807) is 23.0 Å². The second-order valence-electron chi connectivity index (χ2n) is 4.06. The number of rotatable bonds is 4. The van der Waals surface area contributed by atoms with E-state index in [9.17, 15) is 4.79 Å². The second-order valence-corrected chi connectivity index (χ2v) is 4.06. The first-order valence-electron chi connectivity index (χ1n) is 5.73. The van der Waals surface area contributed by atoms with Crippen LogP contribution < -0.4 is 5.32 Å². The van der Waals surface area contributed by atoms with E-state index in [0.29, 0.717) is 5.69 Å². The molecule has 0 saturated carbocycles. The molecule has 1 aromatic heterocycles. The van der Waals surface area contributed by atoms with Gasteiger partial charge in [-0.25, -0.2) is 4.79 Å². The highest BCUT2D eigenvalue weighted by atomic mass is 16.4. The zero-order valence-corrected chi connectivity index (χ0v) is 10.3. The van der Waals surface area contributed by atoms with Gasteiger partial charge in [-0.3, -0.25) is 4.68 Å². The summed E-state index contributed by atoms with van der Waals surface area (Å²) in [5.41, 5.74) is 2.62. The van der Waals surface area contributed by atoms with E-state index < -0.39 is 5.97 Å². The Balaban J connectivity index is 2.32. The fourth-order valence-electron chi connectivity index (χ4n) is 1.70. The largest absolute Gasteiger partial charge is 0.478 e. The Labute approximate surface area is 105 Å². The molecule has 0 radical (unpaired) electrons. The summed E-state index contributed by atoms with van der Waals surface area (Å²) in [5.74, 6) is -0.944. The summed E-state index contributed by atoms with van der Waals surface area (Å²) in [6.07, 6.45) is 3.52. The molecule has 0 fully saturated rings. The Morgan fingerprint density at radius 3 is 2.89 bits per heavy atom. The molecular weight excluding hydrogens is 230 g/mol. The predicted octanol–water partition coefficient (Wildman–Crippen LogP) is 2.65. The van der Waals surface area contributed by atoms with Gasteiger partial charge >= 0.3 is 5.97 Å². The normalized spacial score (nSPS) is 10.3. The molecule has 0 atom stereocenters. The molecular formula is C13H15N3O2. The number of aryl methyl sites for hydroxylation is 2. The van der Waals surface area contributed by atoms with Crippen molar-refractivity contribution in [3.63, 3.8) is 0 Å². The number of anilines is 2. The molecule has 2 rings (SSSR count). The van der Waals surface area contributed by atoms with Crippen molar-refractivity contribution >= 4 is 17.3 Å². The molecule has 0 amide bonds. The SMILES string of the molecule is CCn1cc(Nc2cc(C)ccc2C(=O)O)cn1. The molecule has 5 nitrogen and oxygen atoms in total. The van der Waals surface area contributed by atoms with Crippen LogP contribution >= 0.6 is 0 Å². The minimum Gasteiger partial charge on any atom is -0.478 e. The summed E-state index contributed by atoms with van der Waals surface area (Å²) in [6.45, 7) is 4.69. The molecule has 0 spiro atoms. The summed E-state index contributed by atoms with van der Waals surface area (Å²) >= 11 is 0. The van der Waals surface area contributed by atoms with Gasteiger partial charge in [0.15, 0.2) is 0 Å². The number of carbonyl (C=O) groups is 1. The maximum atomic E-state index is 11.1. The van der Waals surface area contributed by atoms with Crippen LogP contribution in [0.1, 0.15) is 22.8 Å². The third kappa shape index (κ3) is 2.51. The molecule has 0 aliphatic rings. The van der Waals surface area contributed by atoms with E-state index in [1.807, 2.05) is 26.1 Å². The number of carboxylic acid groups (broad SMARTS) is 1. The van der Waals surface area contributed by atoms with Crippen LogP contribution in [0.25, 0.3) is 0 Å². The molecule has 2 aromatic rings. The van der Waals surface area contributed by atoms with E-state index in [-0.39, 0.29) is 5.56 Å². The maximum Gasteiger partial charge on any atom is 0.337 e. The molecule has 0 saturated heterocycles. The van der Waals surface area contributed by atoms with Gasteiger partial charge in [0.2, 0.25) is 0 Å². The highest BCUT2D eigenvalue weighted by Gasteiger charge is 2.10. The number of hydrogen-bond donors (Lipinski definition) is 2. The monoisotopic (exact) mass is 245 g/mol. The second kappa shape index (κ2) is 4.91. The molecule has 0 aliphatic heterocycles. The molecule has 1 aromatic carbocycles. The summed E-state index contributed by atoms with van der Waals surface area (Å²) < 4.78 is 1.78. The third-order valence-electron chi connectivity index (χ3n) is 2.64. The van der Waals surface area contributed by atoms with Crippen molar-refractivity contribution in [1.29, 1.82) is 0 Å². The predicted molar refractivity (Wildman–Crippen MR) is 69.3 cm³/mol. The van der Waals surface area contributed by atoms with Crippen LogP contribution in [0.3, 0.4) is 0 Å². The fraction of sp³-hybridized carbons (Fsp3) is 0.231. The van der Waals surface area contributed by atoms with Crippen molar-refractivity contribution in [3.8, 4) is 0 Å². The standard InChI is InChI=1S/C13H15N3O2/c1-3-16-8-10(7-14-16)15-12-6-9(2)4-5-11(12)13(17)18/h4-8,15H,3H2,1-2H3,(H,17,18). The molecule has 0 aliphatic carbocycles. The average molecular weight is 245 g/mol. The smallest absolute Gasteiger partial charge is 0.337 e. The Kier molecular flexibility index (Phi) is 3.32. The van der Waals surface area contributed by atoms with Gasteiger partial charge in [0.05, 0.1) is 23.1 Å². The summed E-state index contributed by atoms with van der Waals surface area (Å²) in [6, 6.07) is 5.20. The number of hydrogen-bond acceptors (Lipinski definition) is 3. The first kappa shape index (κ1) is 12.2. The molecule has 0 bridgehead atoms. The molecule has 5 heteroatoms. The topological polar surface area (TPSA) is 67.2 Å². The lowest BCUT2D eigenvalue weighted by Crippen LogP contribution is -2.02. The van der Waals surface area contributed by atoms with Gasteiger partial charge in [-0.05, 0) is 31.5 Å². The molecule has 0 unspecified atom stereocenters. The van der Waals surface area contributed by atoms with Gasteiger partial charge in [0.1, 0.15) is 0 Å². The van der Waals surface area contributed by atoms with Gasteiger partial charge in [-0.15, -0.1) is 0 Å². The van der Waals surface area contributed by atoms with E-state index in [0.717, 1.165) is 17.8 Å². The number of benzene rings is 1. The first-order valence-corrected chi connectivity index (χ1v) is 5.73. The number of aromatic nitrogens is 2. The first-order chi connectivity index (χ1) is 8.60. The number of carboxylic acids is 1. The van der Waals surface area contributed by atoms with Crippen molar-refractivity contribution in [2.24, 2.45) is 0 Å². The van der Waals surface area contributed by atoms with Crippen LogP contribution in [0.5, 0.6) is 0 Å². The van der Waals surface area contributed by atoms with Crippen molar-refractivity contribution in [2.75, 3.05) is 5.32 Å². The molecule has 2 N–H and O–H groups in total. The Morgan fingerprint density at radius 2 is 2.28 bits per heavy atom. The minimum atomic E-state index is -0.944. The summed E-state index contributed by atoms with van der Waals surface area (Å²) in [7, 11) is 0. The Bertz CT molecular complexity index is 575. The van der Waals surface area contributed by atoms with Crippen molar-refractivity contribution in [1.82, 2.24) is 9.78 Å². The van der Waals surface area contributed by atoms with Crippen LogP contribution in [0, 0.1) is 6.92 Å². The number of nitrogens with zero attached hydrogens (tertiary/aromatic N) is 2. The van der Waals surface area contributed by atoms with Gasteiger partial charge < -0.3 is 10.4 Å². The lowest BCUT2D eigenvalue weighted by atomic mass is 10.1. The van der Waals surface area contributed by atoms with E-state index in [4.69, 9.17) is 5.11 Å². The minimum absolute atomic E-state index is 0.254. The third-order valence-corrected chi connectivity index (χ3v) is 2.64. The molecule has 94 valence electrons. The van der Waals surface area contributed by atoms with Crippen LogP contribution in [0.15, 0.2) is 30.6 Å². The van der Waals surface area contributed by atoms with Gasteiger partial charge in [-0.1, -0.05) is 6.07 Å². The van der Waals surface area contributed by atoms with Crippen LogP contribution in [0.2, 0.25) is 0 Å². The number of aromatic carboxylic acids is 1. The highest BCUT2D eigenvalue weighted by molar-refractivity contribution is 5.95. The van der Waals surface area contributed by atoms with Gasteiger partial charge in [-0.2, -0.15) is 5.10 Å². The Hall–Kier alpha value is -2.30. The zero-order chi connectivity index (χ0) is 13.1. The Morgan fingerprint density at radius 1 is 1.50 bits per heavy atom. The summed E-state index contributed by atoms with van der Waals surface area (Å²) in [5, 5.41) is 16.3.